The number of para-hydroxylation sites is 2. The van der Waals surface area contributed by atoms with E-state index in [-0.39, 0.29) is 6.42 Å². The summed E-state index contributed by atoms with van der Waals surface area (Å²) in [5.41, 5.74) is 2.74. The quantitative estimate of drug-likeness (QED) is 0.306. The van der Waals surface area contributed by atoms with Crippen LogP contribution in [0.15, 0.2) is 60.8 Å². The molecule has 0 amide bonds. The Morgan fingerprint density at radius 3 is 2.59 bits per heavy atom. The number of rotatable bonds is 14. The van der Waals surface area contributed by atoms with Gasteiger partial charge in [-0.2, -0.15) is 0 Å². The van der Waals surface area contributed by atoms with Crippen LogP contribution in [-0.4, -0.2) is 28.8 Å². The minimum atomic E-state index is -0.940. The fraction of sp³-hybridized carbons (Fsp3) is 0.407. The van der Waals surface area contributed by atoms with E-state index in [9.17, 15) is 9.90 Å². The fourth-order valence-electron chi connectivity index (χ4n) is 3.70. The van der Waals surface area contributed by atoms with Gasteiger partial charge < -0.3 is 14.6 Å². The molecule has 1 N–H and O–H groups in total. The Labute approximate surface area is 190 Å². The van der Waals surface area contributed by atoms with Gasteiger partial charge in [-0.3, -0.25) is 4.98 Å². The molecule has 1 unspecified atom stereocenters. The number of aliphatic carboxylic acids is 1. The summed E-state index contributed by atoms with van der Waals surface area (Å²) in [6.07, 6.45) is 8.06. The van der Waals surface area contributed by atoms with Crippen molar-refractivity contribution in [3.63, 3.8) is 0 Å². The molecule has 0 aliphatic rings. The fourth-order valence-corrected chi connectivity index (χ4v) is 3.70. The van der Waals surface area contributed by atoms with Gasteiger partial charge in [-0.15, -0.1) is 0 Å². The molecule has 0 spiro atoms. The highest BCUT2D eigenvalue weighted by Crippen LogP contribution is 2.23. The van der Waals surface area contributed by atoms with E-state index in [0.29, 0.717) is 19.0 Å². The number of aromatic nitrogens is 1. The van der Waals surface area contributed by atoms with Gasteiger partial charge in [0.25, 0.3) is 0 Å². The van der Waals surface area contributed by atoms with Crippen LogP contribution in [0.5, 0.6) is 5.75 Å². The maximum atomic E-state index is 11.7. The van der Waals surface area contributed by atoms with Crippen molar-refractivity contribution in [3.8, 4) is 5.75 Å². The molecule has 0 saturated carbocycles. The molecular weight excluding hydrogens is 402 g/mol. The smallest absolute Gasteiger partial charge is 0.333 e. The third-order valence-electron chi connectivity index (χ3n) is 5.51. The first-order chi connectivity index (χ1) is 15.7. The molecule has 0 bridgehead atoms. The van der Waals surface area contributed by atoms with E-state index in [4.69, 9.17) is 9.47 Å². The Hall–Kier alpha value is -2.92. The standard InChI is InChI=1S/C27H33NO4/c1-2-3-4-5-6-11-16-31-26(27(29)30)18-23-13-8-10-15-25(23)32-20-21-17-22-12-7-9-14-24(22)28-19-21/h7-10,12-15,17,19,26H,2-6,11,16,18,20H2,1H3,(H,29,30). The van der Waals surface area contributed by atoms with Crippen molar-refractivity contribution < 1.29 is 19.4 Å². The third-order valence-corrected chi connectivity index (χ3v) is 5.51. The van der Waals surface area contributed by atoms with E-state index < -0.39 is 12.1 Å². The van der Waals surface area contributed by atoms with E-state index in [1.807, 2.05) is 54.7 Å². The van der Waals surface area contributed by atoms with Crippen LogP contribution in [0.3, 0.4) is 0 Å². The van der Waals surface area contributed by atoms with Crippen molar-refractivity contribution in [1.82, 2.24) is 4.98 Å². The summed E-state index contributed by atoms with van der Waals surface area (Å²) in [6, 6.07) is 17.6. The maximum absolute atomic E-state index is 11.7. The molecule has 0 aliphatic carbocycles. The molecule has 0 radical (unpaired) electrons. The normalized spacial score (nSPS) is 12.0. The van der Waals surface area contributed by atoms with Crippen LogP contribution in [0.1, 0.15) is 56.6 Å². The summed E-state index contributed by atoms with van der Waals surface area (Å²) < 4.78 is 11.8. The lowest BCUT2D eigenvalue weighted by Gasteiger charge is -2.17. The molecule has 5 heteroatoms. The van der Waals surface area contributed by atoms with Crippen molar-refractivity contribution >= 4 is 16.9 Å². The van der Waals surface area contributed by atoms with Crippen LogP contribution in [0.25, 0.3) is 10.9 Å². The van der Waals surface area contributed by atoms with Gasteiger partial charge in [0, 0.05) is 30.2 Å². The first-order valence-corrected chi connectivity index (χ1v) is 11.6. The summed E-state index contributed by atoms with van der Waals surface area (Å²) in [4.78, 5) is 16.2. The van der Waals surface area contributed by atoms with Gasteiger partial charge >= 0.3 is 5.97 Å². The van der Waals surface area contributed by atoms with Gasteiger partial charge in [-0.05, 0) is 30.2 Å². The number of benzene rings is 2. The number of pyridine rings is 1. The molecule has 0 aliphatic heterocycles. The highest BCUT2D eigenvalue weighted by atomic mass is 16.5. The second-order valence-electron chi connectivity index (χ2n) is 8.10. The zero-order valence-electron chi connectivity index (χ0n) is 18.8. The Morgan fingerprint density at radius 1 is 1.00 bits per heavy atom. The Balaban J connectivity index is 1.55. The predicted octanol–water partition coefficient (Wildman–Crippen LogP) is 6.19. The molecule has 32 heavy (non-hydrogen) atoms. The molecule has 3 rings (SSSR count). The van der Waals surface area contributed by atoms with Crippen molar-refractivity contribution in [1.29, 1.82) is 0 Å². The molecule has 2 aromatic carbocycles. The van der Waals surface area contributed by atoms with Crippen LogP contribution in [0.2, 0.25) is 0 Å². The van der Waals surface area contributed by atoms with Crippen molar-refractivity contribution in [3.05, 3.63) is 71.9 Å². The van der Waals surface area contributed by atoms with Gasteiger partial charge in [0.2, 0.25) is 0 Å². The van der Waals surface area contributed by atoms with Crippen LogP contribution < -0.4 is 4.74 Å². The number of carbonyl (C=O) groups is 1. The van der Waals surface area contributed by atoms with Crippen LogP contribution in [-0.2, 0) is 22.6 Å². The lowest BCUT2D eigenvalue weighted by atomic mass is 10.1. The molecule has 1 atom stereocenters. The lowest BCUT2D eigenvalue weighted by Crippen LogP contribution is -2.27. The van der Waals surface area contributed by atoms with Crippen molar-refractivity contribution in [2.75, 3.05) is 6.61 Å². The molecule has 3 aromatic rings. The average molecular weight is 436 g/mol. The predicted molar refractivity (Wildman–Crippen MR) is 127 cm³/mol. The van der Waals surface area contributed by atoms with Crippen molar-refractivity contribution in [2.24, 2.45) is 0 Å². The van der Waals surface area contributed by atoms with E-state index in [1.54, 1.807) is 0 Å². The first-order valence-electron chi connectivity index (χ1n) is 11.6. The second kappa shape index (κ2) is 12.8. The molecular formula is C27H33NO4. The van der Waals surface area contributed by atoms with E-state index in [1.165, 1.54) is 25.7 Å². The minimum Gasteiger partial charge on any atom is -0.489 e. The lowest BCUT2D eigenvalue weighted by molar-refractivity contribution is -0.150. The average Bonchev–Trinajstić information content (AvgIpc) is 2.81. The Morgan fingerprint density at radius 2 is 1.75 bits per heavy atom. The Kier molecular flexibility index (Phi) is 9.51. The second-order valence-corrected chi connectivity index (χ2v) is 8.10. The minimum absolute atomic E-state index is 0.275. The summed E-state index contributed by atoms with van der Waals surface area (Å²) in [7, 11) is 0. The number of carboxylic acid groups (broad SMARTS) is 1. The molecule has 5 nitrogen and oxygen atoms in total. The van der Waals surface area contributed by atoms with E-state index >= 15 is 0 Å². The van der Waals surface area contributed by atoms with Crippen molar-refractivity contribution in [2.45, 2.75) is 64.6 Å². The van der Waals surface area contributed by atoms with Crippen LogP contribution in [0.4, 0.5) is 0 Å². The van der Waals surface area contributed by atoms with Gasteiger partial charge in [-0.25, -0.2) is 4.79 Å². The number of hydrogen-bond donors (Lipinski definition) is 1. The molecule has 1 aromatic heterocycles. The zero-order chi connectivity index (χ0) is 22.6. The summed E-state index contributed by atoms with van der Waals surface area (Å²) >= 11 is 0. The Bertz CT molecular complexity index is 988. The summed E-state index contributed by atoms with van der Waals surface area (Å²) in [5, 5.41) is 10.7. The largest absolute Gasteiger partial charge is 0.489 e. The monoisotopic (exact) mass is 435 g/mol. The van der Waals surface area contributed by atoms with Gasteiger partial charge in [0.05, 0.1) is 5.52 Å². The topological polar surface area (TPSA) is 68.7 Å². The van der Waals surface area contributed by atoms with Crippen LogP contribution >= 0.6 is 0 Å². The number of hydrogen-bond acceptors (Lipinski definition) is 4. The number of ether oxygens (including phenoxy) is 2. The third kappa shape index (κ3) is 7.34. The number of nitrogens with zero attached hydrogens (tertiary/aromatic N) is 1. The zero-order valence-corrected chi connectivity index (χ0v) is 18.8. The van der Waals surface area contributed by atoms with E-state index in [2.05, 4.69) is 18.0 Å². The van der Waals surface area contributed by atoms with E-state index in [0.717, 1.165) is 34.9 Å². The highest BCUT2D eigenvalue weighted by molar-refractivity contribution is 5.78. The first kappa shape index (κ1) is 23.7. The molecule has 170 valence electrons. The number of carboxylic acids is 1. The highest BCUT2D eigenvalue weighted by Gasteiger charge is 2.20. The molecule has 0 saturated heterocycles. The SMILES string of the molecule is CCCCCCCCOC(Cc1ccccc1OCc1cnc2ccccc2c1)C(=O)O. The van der Waals surface area contributed by atoms with Gasteiger partial charge in [0.15, 0.2) is 6.10 Å². The summed E-state index contributed by atoms with van der Waals surface area (Å²) in [5.74, 6) is -0.264. The number of unbranched alkanes of at least 4 members (excludes halogenated alkanes) is 5. The number of fused-ring (bicyclic) bond motifs is 1. The molecule has 1 heterocycles. The molecule has 0 fully saturated rings. The maximum Gasteiger partial charge on any atom is 0.333 e. The van der Waals surface area contributed by atoms with Gasteiger partial charge in [-0.1, -0.05) is 75.4 Å². The van der Waals surface area contributed by atoms with Crippen LogP contribution in [0, 0.1) is 0 Å². The summed E-state index contributed by atoms with van der Waals surface area (Å²) in [6.45, 7) is 3.03. The van der Waals surface area contributed by atoms with Gasteiger partial charge in [0.1, 0.15) is 12.4 Å².